The minimum Gasteiger partial charge on any atom is -0.446 e. The summed E-state index contributed by atoms with van der Waals surface area (Å²) < 4.78 is 5.48. The molecule has 21 heavy (non-hydrogen) atoms. The fourth-order valence-corrected chi connectivity index (χ4v) is 2.33. The minimum absolute atomic E-state index is 0.0744. The Balaban J connectivity index is 1.71. The van der Waals surface area contributed by atoms with Crippen molar-refractivity contribution in [1.82, 2.24) is 10.3 Å². The Kier molecular flexibility index (Phi) is 5.14. The van der Waals surface area contributed by atoms with E-state index < -0.39 is 0 Å². The summed E-state index contributed by atoms with van der Waals surface area (Å²) in [6.07, 6.45) is 1.97. The Bertz CT molecular complexity index is 617. The maximum Gasteiger partial charge on any atom is 0.220 e. The molecule has 0 saturated heterocycles. The predicted octanol–water partition coefficient (Wildman–Crippen LogP) is 2.89. The van der Waals surface area contributed by atoms with Crippen LogP contribution < -0.4 is 5.32 Å². The first-order chi connectivity index (χ1) is 10.0. The summed E-state index contributed by atoms with van der Waals surface area (Å²) >= 11 is 0. The second-order valence-corrected chi connectivity index (χ2v) is 5.33. The summed E-state index contributed by atoms with van der Waals surface area (Å²) in [6, 6.07) is 8.26. The molecule has 4 nitrogen and oxygen atoms in total. The van der Waals surface area contributed by atoms with E-state index in [1.54, 1.807) is 0 Å². The molecule has 1 aromatic carbocycles. The van der Waals surface area contributed by atoms with Crippen LogP contribution in [0.1, 0.15) is 34.9 Å². The molecule has 0 bridgehead atoms. The second-order valence-electron chi connectivity index (χ2n) is 5.33. The number of oxazole rings is 1. The van der Waals surface area contributed by atoms with E-state index in [0.29, 0.717) is 25.3 Å². The molecule has 0 aliphatic rings. The second kappa shape index (κ2) is 7.07. The van der Waals surface area contributed by atoms with Gasteiger partial charge < -0.3 is 9.73 Å². The first-order valence-electron chi connectivity index (χ1n) is 7.30. The van der Waals surface area contributed by atoms with Gasteiger partial charge in [-0.25, -0.2) is 4.98 Å². The van der Waals surface area contributed by atoms with Crippen molar-refractivity contribution >= 4 is 5.91 Å². The van der Waals surface area contributed by atoms with E-state index in [-0.39, 0.29) is 5.91 Å². The number of amides is 1. The van der Waals surface area contributed by atoms with E-state index in [2.05, 4.69) is 35.4 Å². The number of benzene rings is 1. The largest absolute Gasteiger partial charge is 0.446 e. The third-order valence-corrected chi connectivity index (χ3v) is 3.40. The Morgan fingerprint density at radius 1 is 1.24 bits per heavy atom. The number of carbonyl (C=O) groups is 1. The molecule has 1 N–H and O–H groups in total. The Hall–Kier alpha value is -2.10. The zero-order valence-corrected chi connectivity index (χ0v) is 12.9. The van der Waals surface area contributed by atoms with Crippen LogP contribution in [0.4, 0.5) is 0 Å². The number of hydrogen-bond donors (Lipinski definition) is 1. The predicted molar refractivity (Wildman–Crippen MR) is 82.2 cm³/mol. The molecular weight excluding hydrogens is 264 g/mol. The van der Waals surface area contributed by atoms with E-state index >= 15 is 0 Å². The van der Waals surface area contributed by atoms with Gasteiger partial charge in [0.05, 0.1) is 5.69 Å². The summed E-state index contributed by atoms with van der Waals surface area (Å²) in [4.78, 5) is 16.0. The highest BCUT2D eigenvalue weighted by Gasteiger charge is 2.07. The molecule has 2 rings (SSSR count). The molecular formula is C17H22N2O2. The normalized spacial score (nSPS) is 10.6. The van der Waals surface area contributed by atoms with Crippen LogP contribution in [0.3, 0.4) is 0 Å². The molecule has 1 amide bonds. The van der Waals surface area contributed by atoms with Crippen molar-refractivity contribution in [3.05, 3.63) is 52.7 Å². The lowest BCUT2D eigenvalue weighted by Gasteiger charge is -2.05. The molecule has 1 heterocycles. The Morgan fingerprint density at radius 3 is 2.71 bits per heavy atom. The number of aromatic nitrogens is 1. The smallest absolute Gasteiger partial charge is 0.220 e. The summed E-state index contributed by atoms with van der Waals surface area (Å²) in [6.45, 7) is 6.40. The number of hydrogen-bond acceptors (Lipinski definition) is 3. The molecule has 0 unspecified atom stereocenters. The van der Waals surface area contributed by atoms with Crippen LogP contribution in [0.2, 0.25) is 0 Å². The first kappa shape index (κ1) is 15.3. The van der Waals surface area contributed by atoms with Gasteiger partial charge in [-0.15, -0.1) is 0 Å². The molecule has 0 atom stereocenters. The van der Waals surface area contributed by atoms with E-state index in [0.717, 1.165) is 17.9 Å². The van der Waals surface area contributed by atoms with E-state index in [1.807, 2.05) is 19.9 Å². The SMILES string of the molecule is Cc1cccc(CCC(=O)NCCc2oc(C)nc2C)c1. The molecule has 112 valence electrons. The van der Waals surface area contributed by atoms with Crippen molar-refractivity contribution < 1.29 is 9.21 Å². The molecule has 0 saturated carbocycles. The number of nitrogens with zero attached hydrogens (tertiary/aromatic N) is 1. The van der Waals surface area contributed by atoms with Crippen molar-refractivity contribution in [3.63, 3.8) is 0 Å². The third kappa shape index (κ3) is 4.74. The third-order valence-electron chi connectivity index (χ3n) is 3.40. The molecule has 0 radical (unpaired) electrons. The van der Waals surface area contributed by atoms with Crippen molar-refractivity contribution in [2.75, 3.05) is 6.54 Å². The van der Waals surface area contributed by atoms with E-state index in [1.165, 1.54) is 11.1 Å². The topological polar surface area (TPSA) is 55.1 Å². The van der Waals surface area contributed by atoms with Crippen LogP contribution in [-0.4, -0.2) is 17.4 Å². The molecule has 0 spiro atoms. The van der Waals surface area contributed by atoms with Crippen LogP contribution >= 0.6 is 0 Å². The maximum absolute atomic E-state index is 11.8. The standard InChI is InChI=1S/C17H22N2O2/c1-12-5-4-6-15(11-12)7-8-17(20)18-10-9-16-13(2)19-14(3)21-16/h4-6,11H,7-10H2,1-3H3,(H,18,20). The molecule has 0 aliphatic heterocycles. The highest BCUT2D eigenvalue weighted by atomic mass is 16.4. The van der Waals surface area contributed by atoms with E-state index in [4.69, 9.17) is 4.42 Å². The van der Waals surface area contributed by atoms with Crippen LogP contribution in [0.5, 0.6) is 0 Å². The van der Waals surface area contributed by atoms with Gasteiger partial charge in [0, 0.05) is 26.3 Å². The molecule has 2 aromatic rings. The summed E-state index contributed by atoms with van der Waals surface area (Å²) in [5, 5.41) is 2.93. The van der Waals surface area contributed by atoms with Crippen LogP contribution in [0.25, 0.3) is 0 Å². The van der Waals surface area contributed by atoms with Gasteiger partial charge in [-0.05, 0) is 25.8 Å². The van der Waals surface area contributed by atoms with Gasteiger partial charge in [0.25, 0.3) is 0 Å². The monoisotopic (exact) mass is 286 g/mol. The van der Waals surface area contributed by atoms with Crippen LogP contribution in [-0.2, 0) is 17.6 Å². The van der Waals surface area contributed by atoms with Gasteiger partial charge >= 0.3 is 0 Å². The van der Waals surface area contributed by atoms with Gasteiger partial charge in [0.2, 0.25) is 5.91 Å². The lowest BCUT2D eigenvalue weighted by atomic mass is 10.1. The van der Waals surface area contributed by atoms with Gasteiger partial charge in [-0.3, -0.25) is 4.79 Å². The van der Waals surface area contributed by atoms with Gasteiger partial charge in [0.1, 0.15) is 5.76 Å². The lowest BCUT2D eigenvalue weighted by Crippen LogP contribution is -2.25. The van der Waals surface area contributed by atoms with Crippen molar-refractivity contribution in [3.8, 4) is 0 Å². The molecule has 0 fully saturated rings. The Labute approximate surface area is 125 Å². The lowest BCUT2D eigenvalue weighted by molar-refractivity contribution is -0.121. The van der Waals surface area contributed by atoms with Gasteiger partial charge in [-0.2, -0.15) is 0 Å². The number of nitrogens with one attached hydrogen (secondary N) is 1. The maximum atomic E-state index is 11.8. The molecule has 0 aliphatic carbocycles. The first-order valence-corrected chi connectivity index (χ1v) is 7.30. The fraction of sp³-hybridized carbons (Fsp3) is 0.412. The van der Waals surface area contributed by atoms with Crippen molar-refractivity contribution in [2.24, 2.45) is 0 Å². The van der Waals surface area contributed by atoms with E-state index in [9.17, 15) is 4.79 Å². The summed E-state index contributed by atoms with van der Waals surface area (Å²) in [5.41, 5.74) is 3.33. The highest BCUT2D eigenvalue weighted by Crippen LogP contribution is 2.09. The van der Waals surface area contributed by atoms with Crippen LogP contribution in [0, 0.1) is 20.8 Å². The number of carbonyl (C=O) groups excluding carboxylic acids is 1. The average Bonchev–Trinajstić information content (AvgIpc) is 2.75. The highest BCUT2D eigenvalue weighted by molar-refractivity contribution is 5.76. The molecule has 4 heteroatoms. The zero-order chi connectivity index (χ0) is 15.2. The average molecular weight is 286 g/mol. The van der Waals surface area contributed by atoms with Crippen LogP contribution in [0.15, 0.2) is 28.7 Å². The zero-order valence-electron chi connectivity index (χ0n) is 12.9. The van der Waals surface area contributed by atoms with Gasteiger partial charge in [0.15, 0.2) is 5.89 Å². The van der Waals surface area contributed by atoms with Crippen molar-refractivity contribution in [2.45, 2.75) is 40.0 Å². The Morgan fingerprint density at radius 2 is 2.05 bits per heavy atom. The fourth-order valence-electron chi connectivity index (χ4n) is 2.33. The minimum atomic E-state index is 0.0744. The molecule has 1 aromatic heterocycles. The number of aryl methyl sites for hydroxylation is 4. The van der Waals surface area contributed by atoms with Crippen molar-refractivity contribution in [1.29, 1.82) is 0 Å². The summed E-state index contributed by atoms with van der Waals surface area (Å²) in [7, 11) is 0. The quantitative estimate of drug-likeness (QED) is 0.888. The van der Waals surface area contributed by atoms with Gasteiger partial charge in [-0.1, -0.05) is 29.8 Å². The number of rotatable bonds is 6. The summed E-state index contributed by atoms with van der Waals surface area (Å²) in [5.74, 6) is 1.60.